The molecule has 4 bridgehead atoms. The number of ether oxygens (including phenoxy) is 1. The number of carbonyl (C=O) groups excluding carboxylic acids is 1. The minimum absolute atomic E-state index is 0.0251. The molecule has 4 saturated carbocycles. The number of hydrogen-bond acceptors (Lipinski definition) is 7. The van der Waals surface area contributed by atoms with E-state index in [4.69, 9.17) is 4.74 Å². The summed E-state index contributed by atoms with van der Waals surface area (Å²) in [7, 11) is -4.78. The predicted octanol–water partition coefficient (Wildman–Crippen LogP) is 2.86. The molecule has 0 aromatic heterocycles. The van der Waals surface area contributed by atoms with E-state index >= 15 is 0 Å². The smallest absolute Gasteiger partial charge is 0.338 e. The van der Waals surface area contributed by atoms with Crippen LogP contribution in [0.25, 0.3) is 11.1 Å². The van der Waals surface area contributed by atoms with Gasteiger partial charge in [-0.1, -0.05) is 30.3 Å². The highest BCUT2D eigenvalue weighted by Gasteiger charge is 2.63. The van der Waals surface area contributed by atoms with E-state index in [1.165, 1.54) is 12.1 Å². The molecule has 0 amide bonds. The van der Waals surface area contributed by atoms with E-state index in [2.05, 4.69) is 0 Å². The Morgan fingerprint density at radius 1 is 0.969 bits per heavy atom. The Morgan fingerprint density at radius 3 is 2.22 bits per heavy atom. The Hall–Kier alpha value is -2.26. The van der Waals surface area contributed by atoms with Gasteiger partial charge in [0.2, 0.25) is 0 Å². The molecule has 4 aliphatic carbocycles. The van der Waals surface area contributed by atoms with Crippen LogP contribution >= 0.6 is 0 Å². The van der Waals surface area contributed by atoms with Crippen LogP contribution < -0.4 is 0 Å². The fourth-order valence-electron chi connectivity index (χ4n) is 6.65. The number of benzene rings is 2. The van der Waals surface area contributed by atoms with Crippen LogP contribution in [0.2, 0.25) is 0 Å². The molecule has 0 saturated heterocycles. The fraction of sp³-hybridized carbons (Fsp3) is 0.458. The molecule has 7 nitrogen and oxygen atoms in total. The van der Waals surface area contributed by atoms with Crippen LogP contribution in [0.5, 0.6) is 0 Å². The van der Waals surface area contributed by atoms with Crippen molar-refractivity contribution < 1.29 is 32.7 Å². The van der Waals surface area contributed by atoms with Gasteiger partial charge in [0.05, 0.1) is 28.3 Å². The SMILES string of the molecule is O=C(OCC12CC3CC(O)(CC(O)(C3)C1)C2)c1cc(-c2ccccc2)cc(S(=O)(=O)[O-])c1. The molecule has 32 heavy (non-hydrogen) atoms. The van der Waals surface area contributed by atoms with Crippen LogP contribution in [0, 0.1) is 11.3 Å². The summed E-state index contributed by atoms with van der Waals surface area (Å²) in [6.45, 7) is 0.0297. The van der Waals surface area contributed by atoms with Crippen molar-refractivity contribution in [1.82, 2.24) is 0 Å². The molecule has 4 fully saturated rings. The van der Waals surface area contributed by atoms with Gasteiger partial charge in [0.1, 0.15) is 10.1 Å². The molecule has 2 aromatic rings. The fourth-order valence-corrected chi connectivity index (χ4v) is 7.20. The Balaban J connectivity index is 1.41. The molecule has 0 heterocycles. The second kappa shape index (κ2) is 7.12. The van der Waals surface area contributed by atoms with Gasteiger partial charge in [0.25, 0.3) is 0 Å². The Kier molecular flexibility index (Phi) is 4.80. The molecule has 2 unspecified atom stereocenters. The summed E-state index contributed by atoms with van der Waals surface area (Å²) >= 11 is 0. The summed E-state index contributed by atoms with van der Waals surface area (Å²) in [5.74, 6) is -0.541. The lowest BCUT2D eigenvalue weighted by atomic mass is 9.46. The molecule has 170 valence electrons. The third-order valence-electron chi connectivity index (χ3n) is 7.17. The monoisotopic (exact) mass is 457 g/mol. The summed E-state index contributed by atoms with van der Waals surface area (Å²) in [6, 6.07) is 12.6. The quantitative estimate of drug-likeness (QED) is 0.523. The zero-order valence-electron chi connectivity index (χ0n) is 17.5. The van der Waals surface area contributed by atoms with E-state index in [1.807, 2.05) is 0 Å². The van der Waals surface area contributed by atoms with Crippen molar-refractivity contribution in [3.8, 4) is 11.1 Å². The zero-order valence-corrected chi connectivity index (χ0v) is 18.3. The van der Waals surface area contributed by atoms with Crippen LogP contribution in [0.4, 0.5) is 0 Å². The Bertz CT molecular complexity index is 1160. The Labute approximate surface area is 186 Å². The molecular weight excluding hydrogens is 432 g/mol. The second-order valence-corrected chi connectivity index (χ2v) is 11.5. The predicted molar refractivity (Wildman–Crippen MR) is 114 cm³/mol. The van der Waals surface area contributed by atoms with Crippen molar-refractivity contribution in [3.05, 3.63) is 54.1 Å². The van der Waals surface area contributed by atoms with Crippen molar-refractivity contribution >= 4 is 16.1 Å². The number of hydrogen-bond donors (Lipinski definition) is 2. The largest absolute Gasteiger partial charge is 0.744 e. The van der Waals surface area contributed by atoms with Gasteiger partial charge in [-0.15, -0.1) is 0 Å². The molecule has 6 rings (SSSR count). The van der Waals surface area contributed by atoms with Crippen molar-refractivity contribution in [3.63, 3.8) is 0 Å². The highest BCUT2D eigenvalue weighted by atomic mass is 32.2. The molecule has 2 atom stereocenters. The van der Waals surface area contributed by atoms with Crippen molar-refractivity contribution in [1.29, 1.82) is 0 Å². The van der Waals surface area contributed by atoms with Gasteiger partial charge < -0.3 is 19.5 Å². The molecule has 8 heteroatoms. The average Bonchev–Trinajstić information content (AvgIpc) is 2.69. The summed E-state index contributed by atoms with van der Waals surface area (Å²) in [5.41, 5.74) is -1.30. The van der Waals surface area contributed by atoms with Crippen LogP contribution in [0.3, 0.4) is 0 Å². The summed E-state index contributed by atoms with van der Waals surface area (Å²) in [4.78, 5) is 12.4. The standard InChI is InChI=1S/C24H26O7S/c25-21(31-15-22-9-16-10-23(26,12-22)14-24(27,11-16)13-22)19-6-18(17-4-2-1-3-5-17)7-20(8-19)32(28,29)30/h1-8,16,26-27H,9-15H2,(H,28,29,30)/p-1. The first-order valence-corrected chi connectivity index (χ1v) is 12.2. The summed E-state index contributed by atoms with van der Waals surface area (Å²) in [5, 5.41) is 21.8. The Morgan fingerprint density at radius 2 is 1.62 bits per heavy atom. The molecule has 0 radical (unpaired) electrons. The zero-order chi connectivity index (χ0) is 22.8. The third kappa shape index (κ3) is 3.96. The lowest BCUT2D eigenvalue weighted by Gasteiger charge is -2.62. The van der Waals surface area contributed by atoms with Gasteiger partial charge in [0.15, 0.2) is 0 Å². The topological polar surface area (TPSA) is 124 Å². The number of esters is 1. The van der Waals surface area contributed by atoms with Crippen molar-refractivity contribution in [2.75, 3.05) is 6.61 Å². The van der Waals surface area contributed by atoms with Gasteiger partial charge in [0, 0.05) is 11.8 Å². The van der Waals surface area contributed by atoms with Gasteiger partial charge in [-0.05, 0) is 67.3 Å². The molecular formula is C24H25O7S-. The van der Waals surface area contributed by atoms with Crippen LogP contribution in [-0.2, 0) is 14.9 Å². The molecule has 4 aliphatic rings. The minimum atomic E-state index is -4.78. The lowest BCUT2D eigenvalue weighted by molar-refractivity contribution is -0.237. The van der Waals surface area contributed by atoms with Gasteiger partial charge in [-0.2, -0.15) is 0 Å². The van der Waals surface area contributed by atoms with Crippen LogP contribution in [-0.4, -0.2) is 47.0 Å². The van der Waals surface area contributed by atoms with Crippen molar-refractivity contribution in [2.45, 2.75) is 54.6 Å². The molecule has 2 aromatic carbocycles. The highest BCUT2D eigenvalue weighted by molar-refractivity contribution is 7.85. The average molecular weight is 458 g/mol. The molecule has 0 spiro atoms. The summed E-state index contributed by atoms with van der Waals surface area (Å²) in [6.07, 6.45) is 3.39. The first-order chi connectivity index (χ1) is 15.0. The number of carbonyl (C=O) groups is 1. The number of aliphatic hydroxyl groups is 2. The highest BCUT2D eigenvalue weighted by Crippen LogP contribution is 2.63. The maximum absolute atomic E-state index is 12.9. The molecule has 2 N–H and O–H groups in total. The number of rotatable bonds is 5. The first-order valence-electron chi connectivity index (χ1n) is 10.8. The maximum atomic E-state index is 12.9. The normalized spacial score (nSPS) is 33.3. The van der Waals surface area contributed by atoms with E-state index in [-0.39, 0.29) is 18.1 Å². The van der Waals surface area contributed by atoms with Gasteiger partial charge in [-0.25, -0.2) is 13.2 Å². The van der Waals surface area contributed by atoms with Crippen molar-refractivity contribution in [2.24, 2.45) is 11.3 Å². The minimum Gasteiger partial charge on any atom is -0.744 e. The van der Waals surface area contributed by atoms with E-state index in [0.717, 1.165) is 12.5 Å². The first kappa shape index (κ1) is 21.6. The second-order valence-electron chi connectivity index (χ2n) is 10.1. The van der Waals surface area contributed by atoms with E-state index in [9.17, 15) is 28.0 Å². The summed E-state index contributed by atoms with van der Waals surface area (Å²) < 4.78 is 40.7. The van der Waals surface area contributed by atoms with E-state index < -0.39 is 37.6 Å². The van der Waals surface area contributed by atoms with Crippen LogP contribution in [0.15, 0.2) is 53.4 Å². The lowest BCUT2D eigenvalue weighted by Crippen LogP contribution is -2.64. The van der Waals surface area contributed by atoms with Crippen LogP contribution in [0.1, 0.15) is 48.9 Å². The van der Waals surface area contributed by atoms with E-state index in [0.29, 0.717) is 43.2 Å². The van der Waals surface area contributed by atoms with E-state index in [1.54, 1.807) is 30.3 Å². The maximum Gasteiger partial charge on any atom is 0.338 e. The third-order valence-corrected chi connectivity index (χ3v) is 7.99. The molecule has 0 aliphatic heterocycles. The van der Waals surface area contributed by atoms with Gasteiger partial charge >= 0.3 is 5.97 Å². The van der Waals surface area contributed by atoms with Gasteiger partial charge in [-0.3, -0.25) is 0 Å².